The van der Waals surface area contributed by atoms with E-state index >= 15 is 0 Å². The van der Waals surface area contributed by atoms with Crippen LogP contribution in [-0.4, -0.2) is 67.5 Å². The summed E-state index contributed by atoms with van der Waals surface area (Å²) in [6.07, 6.45) is 4.79. The molecule has 3 atom stereocenters. The van der Waals surface area contributed by atoms with Gasteiger partial charge >= 0.3 is 0 Å². The summed E-state index contributed by atoms with van der Waals surface area (Å²) in [7, 11) is -2.09. The van der Waals surface area contributed by atoms with Crippen molar-refractivity contribution in [3.8, 4) is 16.9 Å². The molecule has 2 aromatic rings. The average molecular weight is 529 g/mol. The minimum Gasteiger partial charge on any atom is -0.487 e. The molecule has 1 saturated carbocycles. The summed E-state index contributed by atoms with van der Waals surface area (Å²) in [6.45, 7) is 5.96. The Hall–Kier alpha value is -2.42. The molecule has 1 aliphatic heterocycles. The van der Waals surface area contributed by atoms with E-state index in [1.54, 1.807) is 30.0 Å². The molecule has 202 valence electrons. The Morgan fingerprint density at radius 3 is 2.41 bits per heavy atom. The molecular formula is C29H40N2O5S. The number of amides is 1. The fourth-order valence-corrected chi connectivity index (χ4v) is 7.22. The molecule has 1 N–H and O–H groups in total. The quantitative estimate of drug-likeness (QED) is 0.598. The summed E-state index contributed by atoms with van der Waals surface area (Å²) in [5, 5.41) is 9.87. The van der Waals surface area contributed by atoms with Crippen LogP contribution in [0.1, 0.15) is 51.5 Å². The van der Waals surface area contributed by atoms with E-state index < -0.39 is 22.2 Å². The molecular weight excluding hydrogens is 488 g/mol. The van der Waals surface area contributed by atoms with Crippen LogP contribution in [0.25, 0.3) is 11.1 Å². The highest BCUT2D eigenvalue weighted by Crippen LogP contribution is 2.37. The van der Waals surface area contributed by atoms with Gasteiger partial charge in [0.25, 0.3) is 0 Å². The zero-order chi connectivity index (χ0) is 26.7. The highest BCUT2D eigenvalue weighted by Gasteiger charge is 2.39. The van der Waals surface area contributed by atoms with Crippen molar-refractivity contribution in [3.63, 3.8) is 0 Å². The number of nitrogens with zero attached hydrogens (tertiary/aromatic N) is 2. The highest BCUT2D eigenvalue weighted by atomic mass is 32.2. The Bertz CT molecular complexity index is 1190. The minimum atomic E-state index is -3.91. The summed E-state index contributed by atoms with van der Waals surface area (Å²) in [4.78, 5) is 15.0. The van der Waals surface area contributed by atoms with Crippen LogP contribution < -0.4 is 4.74 Å². The predicted molar refractivity (Wildman–Crippen MR) is 145 cm³/mol. The molecule has 1 heterocycles. The van der Waals surface area contributed by atoms with E-state index in [-0.39, 0.29) is 41.5 Å². The normalized spacial score (nSPS) is 23.3. The second-order valence-electron chi connectivity index (χ2n) is 10.8. The van der Waals surface area contributed by atoms with Gasteiger partial charge in [-0.3, -0.25) is 4.79 Å². The van der Waals surface area contributed by atoms with Crippen molar-refractivity contribution in [2.24, 2.45) is 11.8 Å². The van der Waals surface area contributed by atoms with Crippen LogP contribution >= 0.6 is 0 Å². The molecule has 4 rings (SSSR count). The van der Waals surface area contributed by atoms with Crippen molar-refractivity contribution in [3.05, 3.63) is 48.0 Å². The second-order valence-corrected chi connectivity index (χ2v) is 12.7. The maximum Gasteiger partial charge on any atom is 0.247 e. The number of fused-ring (bicyclic) bond motifs is 1. The zero-order valence-corrected chi connectivity index (χ0v) is 23.2. The lowest BCUT2D eigenvalue weighted by molar-refractivity contribution is -0.136. The molecule has 8 heteroatoms. The molecule has 0 bridgehead atoms. The third-order valence-corrected chi connectivity index (χ3v) is 9.86. The molecule has 1 fully saturated rings. The van der Waals surface area contributed by atoms with E-state index in [9.17, 15) is 18.3 Å². The second kappa shape index (κ2) is 11.5. The number of carbonyl (C=O) groups excluding carboxylic acids is 1. The fraction of sp³-hybridized carbons (Fsp3) is 0.552. The number of carbonyl (C=O) groups is 1. The number of aliphatic hydroxyl groups is 1. The van der Waals surface area contributed by atoms with Crippen LogP contribution in [0.3, 0.4) is 0 Å². The van der Waals surface area contributed by atoms with E-state index in [0.29, 0.717) is 6.54 Å². The molecule has 37 heavy (non-hydrogen) atoms. The number of likely N-dealkylation sites (N-methyl/N-ethyl adjacent to an activating group) is 1. The number of hydrogen-bond acceptors (Lipinski definition) is 5. The van der Waals surface area contributed by atoms with Gasteiger partial charge in [0, 0.05) is 31.5 Å². The van der Waals surface area contributed by atoms with E-state index in [0.717, 1.165) is 42.4 Å². The maximum absolute atomic E-state index is 13.7. The third kappa shape index (κ3) is 6.02. The van der Waals surface area contributed by atoms with Gasteiger partial charge in [-0.05, 0) is 49.9 Å². The van der Waals surface area contributed by atoms with Crippen molar-refractivity contribution < 1.29 is 23.1 Å². The lowest BCUT2D eigenvalue weighted by Gasteiger charge is -2.38. The summed E-state index contributed by atoms with van der Waals surface area (Å²) >= 11 is 0. The maximum atomic E-state index is 13.7. The Morgan fingerprint density at radius 1 is 1.11 bits per heavy atom. The summed E-state index contributed by atoms with van der Waals surface area (Å²) in [5.41, 5.74) is 2.96. The fourth-order valence-electron chi connectivity index (χ4n) is 5.39. The predicted octanol–water partition coefficient (Wildman–Crippen LogP) is 4.47. The van der Waals surface area contributed by atoms with E-state index in [2.05, 4.69) is 0 Å². The molecule has 2 aromatic carbocycles. The number of rotatable bonds is 6. The largest absolute Gasteiger partial charge is 0.487 e. The first-order chi connectivity index (χ1) is 17.6. The SMILES string of the molecule is Cc1ccc(-c2ccc3c(c2)O[C@@H](CN(C)C(=O)C2CCCCC2)[C@@H](C)CN([C@@H](C)CO)S3(=O)=O)cc1. The van der Waals surface area contributed by atoms with Crippen molar-refractivity contribution in [2.45, 2.75) is 69.9 Å². The van der Waals surface area contributed by atoms with Crippen molar-refractivity contribution in [2.75, 3.05) is 26.7 Å². The topological polar surface area (TPSA) is 87.2 Å². The Morgan fingerprint density at radius 2 is 1.76 bits per heavy atom. The molecule has 1 amide bonds. The molecule has 0 saturated heterocycles. The van der Waals surface area contributed by atoms with Crippen molar-refractivity contribution in [1.82, 2.24) is 9.21 Å². The number of aliphatic hydroxyl groups excluding tert-OH is 1. The lowest BCUT2D eigenvalue weighted by Crippen LogP contribution is -2.50. The van der Waals surface area contributed by atoms with E-state index in [4.69, 9.17) is 4.74 Å². The molecule has 0 aromatic heterocycles. The zero-order valence-electron chi connectivity index (χ0n) is 22.4. The Labute approximate surface area is 221 Å². The Balaban J connectivity index is 1.71. The van der Waals surface area contributed by atoms with Crippen molar-refractivity contribution in [1.29, 1.82) is 0 Å². The van der Waals surface area contributed by atoms with Gasteiger partial charge < -0.3 is 14.7 Å². The van der Waals surface area contributed by atoms with E-state index in [1.165, 1.54) is 10.7 Å². The average Bonchev–Trinajstić information content (AvgIpc) is 2.90. The first-order valence-corrected chi connectivity index (χ1v) is 14.8. The summed E-state index contributed by atoms with van der Waals surface area (Å²) in [6, 6.07) is 12.6. The monoisotopic (exact) mass is 528 g/mol. The van der Waals surface area contributed by atoms with Crippen LogP contribution in [0.15, 0.2) is 47.4 Å². The lowest BCUT2D eigenvalue weighted by atomic mass is 9.88. The number of ether oxygens (including phenoxy) is 1. The molecule has 2 aliphatic rings. The molecule has 0 radical (unpaired) electrons. The van der Waals surface area contributed by atoms with Gasteiger partial charge in [0.15, 0.2) is 0 Å². The van der Waals surface area contributed by atoms with Gasteiger partial charge in [0.05, 0.1) is 13.2 Å². The van der Waals surface area contributed by atoms with Crippen LogP contribution in [0.2, 0.25) is 0 Å². The first kappa shape index (κ1) is 27.6. The van der Waals surface area contributed by atoms with E-state index in [1.807, 2.05) is 45.2 Å². The van der Waals surface area contributed by atoms with Gasteiger partial charge in [0.2, 0.25) is 15.9 Å². The van der Waals surface area contributed by atoms with Crippen molar-refractivity contribution >= 4 is 15.9 Å². The number of aryl methyl sites for hydroxylation is 1. The van der Waals surface area contributed by atoms with Crippen LogP contribution in [0, 0.1) is 18.8 Å². The number of benzene rings is 2. The molecule has 0 spiro atoms. The molecule has 1 aliphatic carbocycles. The smallest absolute Gasteiger partial charge is 0.247 e. The van der Waals surface area contributed by atoms with Crippen LogP contribution in [0.4, 0.5) is 0 Å². The molecule has 7 nitrogen and oxygen atoms in total. The number of sulfonamides is 1. The van der Waals surface area contributed by atoms with Gasteiger partial charge in [-0.1, -0.05) is 62.1 Å². The molecule has 0 unspecified atom stereocenters. The standard InChI is InChI=1S/C29H40N2O5S/c1-20-10-12-23(13-11-20)25-14-15-28-26(16-25)36-27(18-30(4)29(33)24-8-6-5-7-9-24)21(2)17-31(22(3)19-32)37(28,34)35/h10-16,21-22,24,27,32H,5-9,17-19H2,1-4H3/t21-,22-,27-/m0/s1. The summed E-state index contributed by atoms with van der Waals surface area (Å²) < 4.78 is 35.3. The van der Waals surface area contributed by atoms with Gasteiger partial charge in [-0.15, -0.1) is 0 Å². The Kier molecular flexibility index (Phi) is 8.61. The van der Waals surface area contributed by atoms with Gasteiger partial charge in [-0.2, -0.15) is 4.31 Å². The third-order valence-electron chi connectivity index (χ3n) is 7.84. The summed E-state index contributed by atoms with van der Waals surface area (Å²) in [5.74, 6) is 0.263. The minimum absolute atomic E-state index is 0.0503. The number of hydrogen-bond donors (Lipinski definition) is 1. The van der Waals surface area contributed by atoms with Crippen LogP contribution in [0.5, 0.6) is 5.75 Å². The first-order valence-electron chi connectivity index (χ1n) is 13.4. The van der Waals surface area contributed by atoms with Gasteiger partial charge in [0.1, 0.15) is 16.7 Å². The highest BCUT2D eigenvalue weighted by molar-refractivity contribution is 7.89. The van der Waals surface area contributed by atoms with Crippen LogP contribution in [-0.2, 0) is 14.8 Å². The van der Waals surface area contributed by atoms with Gasteiger partial charge in [-0.25, -0.2) is 8.42 Å².